The first-order valence-electron chi connectivity index (χ1n) is 5.76. The molecule has 2 aromatic carbocycles. The second-order valence-corrected chi connectivity index (χ2v) is 5.50. The zero-order valence-electron chi connectivity index (χ0n) is 10.5. The van der Waals surface area contributed by atoms with Gasteiger partial charge in [0.25, 0.3) is 0 Å². The van der Waals surface area contributed by atoms with E-state index in [2.05, 4.69) is 15.9 Å². The van der Waals surface area contributed by atoms with Crippen molar-refractivity contribution in [2.75, 3.05) is 0 Å². The van der Waals surface area contributed by atoms with Crippen LogP contribution in [0.4, 0.5) is 8.78 Å². The molecule has 0 spiro atoms. The summed E-state index contributed by atoms with van der Waals surface area (Å²) in [6.07, 6.45) is 0. The van der Waals surface area contributed by atoms with Gasteiger partial charge >= 0.3 is 0 Å². The molecule has 0 aromatic heterocycles. The smallest absolute Gasteiger partial charge is 0.145 e. The summed E-state index contributed by atoms with van der Waals surface area (Å²) < 4.78 is 33.3. The van der Waals surface area contributed by atoms with Crippen LogP contribution in [0.3, 0.4) is 0 Å². The number of benzene rings is 2. The van der Waals surface area contributed by atoms with E-state index >= 15 is 0 Å². The summed E-state index contributed by atoms with van der Waals surface area (Å²) in [7, 11) is 0. The van der Waals surface area contributed by atoms with Crippen LogP contribution >= 0.6 is 27.5 Å². The van der Waals surface area contributed by atoms with E-state index in [-0.39, 0.29) is 22.1 Å². The van der Waals surface area contributed by atoms with E-state index in [1.807, 2.05) is 0 Å². The molecule has 0 aliphatic rings. The van der Waals surface area contributed by atoms with Gasteiger partial charge in [0, 0.05) is 17.7 Å². The van der Waals surface area contributed by atoms with E-state index in [9.17, 15) is 8.78 Å². The second-order valence-electron chi connectivity index (χ2n) is 4.24. The average Bonchev–Trinajstić information content (AvgIpc) is 2.35. The molecule has 0 radical (unpaired) electrons. The first-order valence-corrected chi connectivity index (χ1v) is 6.93. The summed E-state index contributed by atoms with van der Waals surface area (Å²) in [5.74, 6) is -0.659. The molecule has 6 heteroatoms. The fourth-order valence-corrected chi connectivity index (χ4v) is 2.47. The van der Waals surface area contributed by atoms with Gasteiger partial charge < -0.3 is 10.5 Å². The molecule has 0 aliphatic heterocycles. The number of nitrogens with two attached hydrogens (primary N) is 1. The molecule has 2 rings (SSSR count). The third-order valence-electron chi connectivity index (χ3n) is 2.66. The minimum absolute atomic E-state index is 0.0316. The summed E-state index contributed by atoms with van der Waals surface area (Å²) in [6, 6.07) is 6.31. The van der Waals surface area contributed by atoms with Crippen molar-refractivity contribution in [3.05, 3.63) is 57.0 Å². The van der Waals surface area contributed by atoms with Crippen molar-refractivity contribution in [1.29, 1.82) is 0 Å². The Morgan fingerprint density at radius 3 is 2.55 bits per heavy atom. The summed E-state index contributed by atoms with van der Waals surface area (Å²) in [6.45, 7) is 1.64. The van der Waals surface area contributed by atoms with E-state index < -0.39 is 17.7 Å². The van der Waals surface area contributed by atoms with Crippen molar-refractivity contribution >= 4 is 27.5 Å². The largest absolute Gasteiger partial charge is 0.456 e. The van der Waals surface area contributed by atoms with Gasteiger partial charge in [-0.25, -0.2) is 8.78 Å². The average molecular weight is 363 g/mol. The lowest BCUT2D eigenvalue weighted by Gasteiger charge is -2.15. The monoisotopic (exact) mass is 361 g/mol. The van der Waals surface area contributed by atoms with Crippen LogP contribution in [-0.4, -0.2) is 0 Å². The third-order valence-corrected chi connectivity index (χ3v) is 3.57. The molecule has 0 unspecified atom stereocenters. The van der Waals surface area contributed by atoms with Gasteiger partial charge in [-0.05, 0) is 41.1 Å². The zero-order valence-corrected chi connectivity index (χ0v) is 12.8. The number of hydrogen-bond acceptors (Lipinski definition) is 2. The van der Waals surface area contributed by atoms with Crippen molar-refractivity contribution in [1.82, 2.24) is 0 Å². The molecule has 2 N–H and O–H groups in total. The number of halogens is 4. The van der Waals surface area contributed by atoms with Gasteiger partial charge in [0.05, 0.1) is 9.50 Å². The van der Waals surface area contributed by atoms with Crippen LogP contribution in [0.25, 0.3) is 0 Å². The highest BCUT2D eigenvalue weighted by Crippen LogP contribution is 2.36. The van der Waals surface area contributed by atoms with Crippen LogP contribution in [0.2, 0.25) is 5.02 Å². The van der Waals surface area contributed by atoms with E-state index in [0.717, 1.165) is 6.07 Å². The Hall–Kier alpha value is -1.17. The number of rotatable bonds is 3. The summed E-state index contributed by atoms with van der Waals surface area (Å²) in [5, 5.41) is -0.0316. The molecule has 106 valence electrons. The molecule has 0 saturated heterocycles. The Bertz CT molecular complexity index is 649. The number of hydrogen-bond donors (Lipinski definition) is 1. The van der Waals surface area contributed by atoms with Gasteiger partial charge in [0.15, 0.2) is 0 Å². The lowest BCUT2D eigenvalue weighted by atomic mass is 10.1. The molecular formula is C14H11BrClF2NO. The predicted molar refractivity (Wildman–Crippen MR) is 78.2 cm³/mol. The Kier molecular flexibility index (Phi) is 4.62. The maximum Gasteiger partial charge on any atom is 0.145 e. The van der Waals surface area contributed by atoms with Crippen LogP contribution in [0.5, 0.6) is 11.5 Å². The van der Waals surface area contributed by atoms with Crippen molar-refractivity contribution < 1.29 is 13.5 Å². The van der Waals surface area contributed by atoms with Gasteiger partial charge in [-0.15, -0.1) is 0 Å². The van der Waals surface area contributed by atoms with E-state index in [4.69, 9.17) is 22.1 Å². The molecule has 0 amide bonds. The Morgan fingerprint density at radius 1 is 1.20 bits per heavy atom. The maximum absolute atomic E-state index is 13.8. The van der Waals surface area contributed by atoms with Crippen LogP contribution in [0.15, 0.2) is 34.8 Å². The summed E-state index contributed by atoms with van der Waals surface area (Å²) in [5.41, 5.74) is 5.97. The van der Waals surface area contributed by atoms with Gasteiger partial charge in [-0.1, -0.05) is 17.7 Å². The topological polar surface area (TPSA) is 35.2 Å². The highest BCUT2D eigenvalue weighted by Gasteiger charge is 2.16. The molecule has 2 nitrogen and oxygen atoms in total. The molecule has 2 aromatic rings. The Morgan fingerprint density at radius 2 is 1.90 bits per heavy atom. The highest BCUT2D eigenvalue weighted by molar-refractivity contribution is 9.10. The maximum atomic E-state index is 13.8. The summed E-state index contributed by atoms with van der Waals surface area (Å²) in [4.78, 5) is 0. The highest BCUT2D eigenvalue weighted by atomic mass is 79.9. The van der Waals surface area contributed by atoms with Crippen molar-refractivity contribution in [3.63, 3.8) is 0 Å². The molecule has 0 heterocycles. The molecule has 1 atom stereocenters. The fraction of sp³-hybridized carbons (Fsp3) is 0.143. The lowest BCUT2D eigenvalue weighted by Crippen LogP contribution is -2.09. The quantitative estimate of drug-likeness (QED) is 0.762. The molecule has 20 heavy (non-hydrogen) atoms. The zero-order chi connectivity index (χ0) is 14.9. The SMILES string of the molecule is C[C@H](N)c1c(F)cccc1Oc1cc(F)c(Cl)cc1Br. The minimum Gasteiger partial charge on any atom is -0.456 e. The van der Waals surface area contributed by atoms with Gasteiger partial charge in [0.1, 0.15) is 23.1 Å². The molecule has 0 aliphatic carbocycles. The third kappa shape index (κ3) is 3.11. The van der Waals surface area contributed by atoms with Gasteiger partial charge in [-0.3, -0.25) is 0 Å². The fourth-order valence-electron chi connectivity index (χ4n) is 1.75. The van der Waals surface area contributed by atoms with E-state index in [1.165, 1.54) is 18.2 Å². The van der Waals surface area contributed by atoms with Crippen LogP contribution in [0, 0.1) is 11.6 Å². The Labute approximate surface area is 128 Å². The molecule has 0 bridgehead atoms. The van der Waals surface area contributed by atoms with Gasteiger partial charge in [-0.2, -0.15) is 0 Å². The van der Waals surface area contributed by atoms with E-state index in [1.54, 1.807) is 13.0 Å². The first-order chi connectivity index (χ1) is 9.40. The molecular weight excluding hydrogens is 352 g/mol. The van der Waals surface area contributed by atoms with E-state index in [0.29, 0.717) is 4.47 Å². The second kappa shape index (κ2) is 6.08. The Balaban J connectivity index is 2.45. The van der Waals surface area contributed by atoms with Crippen LogP contribution in [-0.2, 0) is 0 Å². The van der Waals surface area contributed by atoms with Crippen molar-refractivity contribution in [2.45, 2.75) is 13.0 Å². The van der Waals surface area contributed by atoms with Gasteiger partial charge in [0.2, 0.25) is 0 Å². The molecule has 0 fully saturated rings. The normalized spacial score (nSPS) is 12.3. The molecule has 0 saturated carbocycles. The summed E-state index contributed by atoms with van der Waals surface area (Å²) >= 11 is 8.87. The van der Waals surface area contributed by atoms with Crippen LogP contribution in [0.1, 0.15) is 18.5 Å². The van der Waals surface area contributed by atoms with Crippen molar-refractivity contribution in [3.8, 4) is 11.5 Å². The van der Waals surface area contributed by atoms with Crippen molar-refractivity contribution in [2.24, 2.45) is 5.73 Å². The van der Waals surface area contributed by atoms with Crippen LogP contribution < -0.4 is 10.5 Å². The first kappa shape index (κ1) is 15.2. The predicted octanol–water partition coefficient (Wildman–Crippen LogP) is 5.19. The lowest BCUT2D eigenvalue weighted by molar-refractivity contribution is 0.454. The minimum atomic E-state index is -0.622. The standard InChI is InChI=1S/C14H11BrClF2NO/c1-7(19)14-10(17)3-2-4-12(14)20-13-6-11(18)9(16)5-8(13)15/h2-7H,19H2,1H3/t7-/m0/s1. The number of ether oxygens (including phenoxy) is 1.